The second-order valence-electron chi connectivity index (χ2n) is 11.5. The van der Waals surface area contributed by atoms with E-state index in [-0.39, 0.29) is 17.7 Å². The number of primary amides is 1. The zero-order valence-corrected chi connectivity index (χ0v) is 24.1. The summed E-state index contributed by atoms with van der Waals surface area (Å²) in [5, 5.41) is 0. The Morgan fingerprint density at radius 1 is 0.909 bits per heavy atom. The van der Waals surface area contributed by atoms with Crippen molar-refractivity contribution in [2.24, 2.45) is 11.7 Å². The predicted octanol–water partition coefficient (Wildman–Crippen LogP) is 4.71. The van der Waals surface area contributed by atoms with Crippen LogP contribution in [0.15, 0.2) is 36.4 Å². The number of carbonyl (C=O) groups is 3. The maximum Gasteiger partial charge on any atom is 0.416 e. The van der Waals surface area contributed by atoms with Crippen molar-refractivity contribution in [2.75, 3.05) is 33.2 Å². The van der Waals surface area contributed by atoms with E-state index in [1.807, 2.05) is 0 Å². The van der Waals surface area contributed by atoms with Gasteiger partial charge in [0.15, 0.2) is 0 Å². The molecule has 3 amide bonds. The summed E-state index contributed by atoms with van der Waals surface area (Å²) in [5.41, 5.74) is 3.20. The monoisotopic (exact) mass is 630 g/mol. The third-order valence-corrected chi connectivity index (χ3v) is 8.52. The molecule has 2 aliphatic rings. The number of hydrogen-bond acceptors (Lipinski definition) is 4. The number of hydrogen-bond donors (Lipinski definition) is 1. The molecule has 14 heteroatoms. The van der Waals surface area contributed by atoms with Crippen molar-refractivity contribution in [3.05, 3.63) is 70.0 Å². The van der Waals surface area contributed by atoms with Gasteiger partial charge in [-0.2, -0.15) is 26.3 Å². The highest BCUT2D eigenvalue weighted by atomic mass is 19.4. The summed E-state index contributed by atoms with van der Waals surface area (Å²) in [4.78, 5) is 41.8. The van der Waals surface area contributed by atoms with Gasteiger partial charge in [0.1, 0.15) is 5.82 Å². The fourth-order valence-electron chi connectivity index (χ4n) is 6.31. The molecule has 44 heavy (non-hydrogen) atoms. The molecule has 0 bridgehead atoms. The van der Waals surface area contributed by atoms with Gasteiger partial charge in [0, 0.05) is 51.1 Å². The summed E-state index contributed by atoms with van der Waals surface area (Å²) in [6.07, 6.45) is -8.57. The molecule has 2 unspecified atom stereocenters. The summed E-state index contributed by atoms with van der Waals surface area (Å²) in [7, 11) is 1.34. The van der Waals surface area contributed by atoms with Gasteiger partial charge in [0.25, 0.3) is 0 Å². The molecular weight excluding hydrogens is 597 g/mol. The largest absolute Gasteiger partial charge is 0.416 e. The number of amides is 3. The molecular formula is C30H33F7N4O3. The smallest absolute Gasteiger partial charge is 0.361 e. The molecule has 2 aliphatic heterocycles. The van der Waals surface area contributed by atoms with Crippen LogP contribution in [0.5, 0.6) is 0 Å². The summed E-state index contributed by atoms with van der Waals surface area (Å²) in [6.45, 7) is 2.73. The Labute approximate surface area is 249 Å². The van der Waals surface area contributed by atoms with E-state index in [1.54, 1.807) is 13.0 Å². The van der Waals surface area contributed by atoms with Gasteiger partial charge in [-0.25, -0.2) is 4.39 Å². The number of piperidine rings is 2. The van der Waals surface area contributed by atoms with Gasteiger partial charge in [-0.3, -0.25) is 19.3 Å². The Bertz CT molecular complexity index is 1370. The Hall–Kier alpha value is -3.68. The van der Waals surface area contributed by atoms with Crippen LogP contribution >= 0.6 is 0 Å². The lowest BCUT2D eigenvalue weighted by atomic mass is 9.77. The zero-order chi connectivity index (χ0) is 32.6. The van der Waals surface area contributed by atoms with E-state index in [2.05, 4.69) is 4.90 Å². The van der Waals surface area contributed by atoms with E-state index in [0.717, 1.165) is 4.90 Å². The second kappa shape index (κ2) is 12.7. The quantitative estimate of drug-likeness (QED) is 0.383. The summed E-state index contributed by atoms with van der Waals surface area (Å²) < 4.78 is 94.4. The van der Waals surface area contributed by atoms with Gasteiger partial charge >= 0.3 is 24.2 Å². The van der Waals surface area contributed by atoms with Crippen molar-refractivity contribution in [1.29, 1.82) is 0 Å². The molecule has 2 aromatic rings. The number of rotatable bonds is 5. The van der Waals surface area contributed by atoms with Crippen LogP contribution in [-0.4, -0.2) is 71.7 Å². The van der Waals surface area contributed by atoms with Crippen LogP contribution in [0.2, 0.25) is 0 Å². The van der Waals surface area contributed by atoms with Crippen molar-refractivity contribution < 1.29 is 45.1 Å². The van der Waals surface area contributed by atoms with Crippen LogP contribution in [0.4, 0.5) is 30.7 Å². The van der Waals surface area contributed by atoms with Crippen molar-refractivity contribution >= 4 is 17.7 Å². The molecule has 0 aliphatic carbocycles. The first-order valence-corrected chi connectivity index (χ1v) is 14.1. The molecule has 0 saturated carbocycles. The number of carbonyl (C=O) groups excluding carboxylic acids is 3. The van der Waals surface area contributed by atoms with Crippen molar-refractivity contribution in [3.8, 4) is 0 Å². The highest BCUT2D eigenvalue weighted by molar-refractivity contribution is 6.34. The molecule has 240 valence electrons. The highest BCUT2D eigenvalue weighted by Gasteiger charge is 2.41. The van der Waals surface area contributed by atoms with Crippen molar-refractivity contribution in [2.45, 2.75) is 57.0 Å². The topological polar surface area (TPSA) is 87.0 Å². The minimum atomic E-state index is -5.01. The SMILES string of the molecule is Cc1cc(F)ccc1C1CN(C2CCN(C(=O)C(N)=O)CC2)CCC1C(=O)N(C)Cc1cc(C(F)(F)F)cc(C(F)(F)F)c1. The van der Waals surface area contributed by atoms with E-state index < -0.39 is 65.4 Å². The average Bonchev–Trinajstić information content (AvgIpc) is 2.95. The molecule has 2 fully saturated rings. The third-order valence-electron chi connectivity index (χ3n) is 8.52. The number of likely N-dealkylation sites (tertiary alicyclic amines) is 2. The normalized spacial score (nSPS) is 20.4. The van der Waals surface area contributed by atoms with E-state index in [9.17, 15) is 45.1 Å². The summed E-state index contributed by atoms with van der Waals surface area (Å²) in [6, 6.07) is 5.50. The number of halogens is 7. The number of nitrogens with zero attached hydrogens (tertiary/aromatic N) is 3. The molecule has 2 aromatic carbocycles. The molecule has 2 N–H and O–H groups in total. The molecule has 7 nitrogen and oxygen atoms in total. The number of benzene rings is 2. The minimum Gasteiger partial charge on any atom is -0.361 e. The molecule has 2 atom stereocenters. The Kier molecular flexibility index (Phi) is 9.62. The van der Waals surface area contributed by atoms with Gasteiger partial charge in [-0.1, -0.05) is 6.07 Å². The fraction of sp³-hybridized carbons (Fsp3) is 0.500. The Balaban J connectivity index is 1.56. The van der Waals surface area contributed by atoms with Crippen LogP contribution in [0.3, 0.4) is 0 Å². The number of aryl methyl sites for hydroxylation is 1. The minimum absolute atomic E-state index is 0.0230. The average molecular weight is 631 g/mol. The lowest BCUT2D eigenvalue weighted by molar-refractivity contribution is -0.145. The number of nitrogens with two attached hydrogens (primary N) is 1. The lowest BCUT2D eigenvalue weighted by Gasteiger charge is -2.45. The Morgan fingerprint density at radius 2 is 1.50 bits per heavy atom. The molecule has 0 aromatic heterocycles. The number of alkyl halides is 6. The molecule has 0 radical (unpaired) electrons. The van der Waals surface area contributed by atoms with Gasteiger partial charge in [-0.15, -0.1) is 0 Å². The predicted molar refractivity (Wildman–Crippen MR) is 145 cm³/mol. The molecule has 2 saturated heterocycles. The standard InChI is InChI=1S/C30H33F7N4O3/c1-17-11-21(31)3-4-23(17)25-16-41(22-5-8-40(9-6-22)28(44)26(38)42)10-7-24(25)27(43)39(2)15-18-12-19(29(32,33)34)14-20(13-18)30(35,36)37/h3-4,11-14,22,24-25H,5-10,15-16H2,1-2H3,(H2,38,42). The first-order chi connectivity index (χ1) is 20.5. The van der Waals surface area contributed by atoms with Gasteiger partial charge in [-0.05, 0) is 79.8 Å². The van der Waals surface area contributed by atoms with Gasteiger partial charge in [0.05, 0.1) is 11.1 Å². The van der Waals surface area contributed by atoms with Crippen LogP contribution in [0, 0.1) is 18.7 Å². The Morgan fingerprint density at radius 3 is 2.02 bits per heavy atom. The van der Waals surface area contributed by atoms with Crippen LogP contribution in [0.1, 0.15) is 53.0 Å². The zero-order valence-electron chi connectivity index (χ0n) is 24.1. The van der Waals surface area contributed by atoms with E-state index in [0.29, 0.717) is 68.7 Å². The highest BCUT2D eigenvalue weighted by Crippen LogP contribution is 2.39. The van der Waals surface area contributed by atoms with E-state index in [4.69, 9.17) is 5.73 Å². The fourth-order valence-corrected chi connectivity index (χ4v) is 6.31. The van der Waals surface area contributed by atoms with E-state index in [1.165, 1.54) is 24.1 Å². The maximum atomic E-state index is 14.0. The summed E-state index contributed by atoms with van der Waals surface area (Å²) in [5.74, 6) is -3.82. The van der Waals surface area contributed by atoms with Crippen molar-refractivity contribution in [3.63, 3.8) is 0 Å². The maximum absolute atomic E-state index is 14.0. The molecule has 2 heterocycles. The van der Waals surface area contributed by atoms with E-state index >= 15 is 0 Å². The van der Waals surface area contributed by atoms with Gasteiger partial charge < -0.3 is 15.5 Å². The van der Waals surface area contributed by atoms with Gasteiger partial charge in [0.2, 0.25) is 5.91 Å². The first kappa shape index (κ1) is 33.2. The summed E-state index contributed by atoms with van der Waals surface area (Å²) >= 11 is 0. The molecule has 4 rings (SSSR count). The first-order valence-electron chi connectivity index (χ1n) is 14.1. The third kappa shape index (κ3) is 7.51. The van der Waals surface area contributed by atoms with Crippen LogP contribution < -0.4 is 5.73 Å². The molecule has 0 spiro atoms. The van der Waals surface area contributed by atoms with Crippen LogP contribution in [0.25, 0.3) is 0 Å². The lowest BCUT2D eigenvalue weighted by Crippen LogP contribution is -2.53. The van der Waals surface area contributed by atoms with Crippen molar-refractivity contribution in [1.82, 2.24) is 14.7 Å². The second-order valence-corrected chi connectivity index (χ2v) is 11.5. The van der Waals surface area contributed by atoms with Crippen LogP contribution in [-0.2, 0) is 33.3 Å².